The van der Waals surface area contributed by atoms with Gasteiger partial charge < -0.3 is 5.11 Å². The SMILES string of the molecule is CCCCCCCCCCCCCCC(=O)CCCC(=O)O. The van der Waals surface area contributed by atoms with Crippen LogP contribution in [0.2, 0.25) is 0 Å². The Kier molecular flexibility index (Phi) is 15.9. The molecule has 0 bridgehead atoms. The number of carboxylic acid groups (broad SMARTS) is 1. The maximum atomic E-state index is 11.5. The van der Waals surface area contributed by atoms with E-state index in [9.17, 15) is 9.59 Å². The van der Waals surface area contributed by atoms with Crippen molar-refractivity contribution in [2.24, 2.45) is 0 Å². The van der Waals surface area contributed by atoms with Crippen LogP contribution in [0, 0.1) is 0 Å². The van der Waals surface area contributed by atoms with Gasteiger partial charge >= 0.3 is 5.97 Å². The standard InChI is InChI=1S/C19H36O3/c1-2-3-4-5-6-7-8-9-10-11-12-13-15-18(20)16-14-17-19(21)22/h2-17H2,1H3,(H,21,22). The second-order valence-electron chi connectivity index (χ2n) is 6.43. The predicted molar refractivity (Wildman–Crippen MR) is 92.2 cm³/mol. The maximum Gasteiger partial charge on any atom is 0.303 e. The summed E-state index contributed by atoms with van der Waals surface area (Å²) in [5.74, 6) is -0.577. The number of hydrogen-bond donors (Lipinski definition) is 1. The summed E-state index contributed by atoms with van der Waals surface area (Å²) in [5.41, 5.74) is 0. The van der Waals surface area contributed by atoms with Crippen LogP contribution in [0.25, 0.3) is 0 Å². The molecule has 3 nitrogen and oxygen atoms in total. The third kappa shape index (κ3) is 17.2. The number of carboxylic acids is 1. The molecule has 0 aromatic rings. The number of aliphatic carboxylic acids is 1. The van der Waals surface area contributed by atoms with Crippen LogP contribution < -0.4 is 0 Å². The summed E-state index contributed by atoms with van der Waals surface area (Å²) in [6.07, 6.45) is 17.3. The molecule has 0 heterocycles. The van der Waals surface area contributed by atoms with Gasteiger partial charge in [-0.3, -0.25) is 9.59 Å². The van der Waals surface area contributed by atoms with Gasteiger partial charge in [-0.05, 0) is 12.8 Å². The summed E-state index contributed by atoms with van der Waals surface area (Å²) in [5, 5.41) is 8.50. The number of carbonyl (C=O) groups excluding carboxylic acids is 1. The van der Waals surface area contributed by atoms with E-state index < -0.39 is 5.97 Å². The molecular formula is C19H36O3. The highest BCUT2D eigenvalue weighted by Gasteiger charge is 2.04. The Hall–Kier alpha value is -0.860. The molecule has 0 saturated carbocycles. The Morgan fingerprint density at radius 1 is 0.591 bits per heavy atom. The number of Topliss-reactive ketones (excluding diaryl/α,β-unsaturated/α-hetero) is 1. The van der Waals surface area contributed by atoms with Crippen LogP contribution in [0.5, 0.6) is 0 Å². The van der Waals surface area contributed by atoms with Crippen molar-refractivity contribution < 1.29 is 14.7 Å². The van der Waals surface area contributed by atoms with E-state index in [1.807, 2.05) is 0 Å². The molecule has 3 heteroatoms. The summed E-state index contributed by atoms with van der Waals surface area (Å²) >= 11 is 0. The average Bonchev–Trinajstić information content (AvgIpc) is 2.48. The topological polar surface area (TPSA) is 54.4 Å². The van der Waals surface area contributed by atoms with Gasteiger partial charge in [0, 0.05) is 19.3 Å². The zero-order chi connectivity index (χ0) is 16.5. The first-order chi connectivity index (χ1) is 10.7. The minimum Gasteiger partial charge on any atom is -0.481 e. The highest BCUT2D eigenvalue weighted by atomic mass is 16.4. The van der Waals surface area contributed by atoms with E-state index >= 15 is 0 Å². The van der Waals surface area contributed by atoms with Gasteiger partial charge in [0.05, 0.1) is 0 Å². The third-order valence-corrected chi connectivity index (χ3v) is 4.16. The Morgan fingerprint density at radius 3 is 1.45 bits per heavy atom. The largest absolute Gasteiger partial charge is 0.481 e. The Morgan fingerprint density at radius 2 is 1.00 bits per heavy atom. The molecule has 130 valence electrons. The second kappa shape index (κ2) is 16.5. The van der Waals surface area contributed by atoms with Gasteiger partial charge in [-0.15, -0.1) is 0 Å². The van der Waals surface area contributed by atoms with E-state index in [4.69, 9.17) is 5.11 Å². The molecule has 22 heavy (non-hydrogen) atoms. The monoisotopic (exact) mass is 312 g/mol. The molecule has 0 fully saturated rings. The molecule has 0 spiro atoms. The molecule has 0 atom stereocenters. The van der Waals surface area contributed by atoms with Crippen molar-refractivity contribution in [3.05, 3.63) is 0 Å². The van der Waals surface area contributed by atoms with Crippen molar-refractivity contribution in [2.45, 2.75) is 110 Å². The fourth-order valence-corrected chi connectivity index (χ4v) is 2.72. The van der Waals surface area contributed by atoms with E-state index in [1.54, 1.807) is 0 Å². The van der Waals surface area contributed by atoms with Crippen molar-refractivity contribution in [1.82, 2.24) is 0 Å². The zero-order valence-corrected chi connectivity index (χ0v) is 14.6. The van der Waals surface area contributed by atoms with Crippen molar-refractivity contribution in [2.75, 3.05) is 0 Å². The van der Waals surface area contributed by atoms with E-state index in [0.717, 1.165) is 12.8 Å². The summed E-state index contributed by atoms with van der Waals surface area (Å²) in [6.45, 7) is 2.25. The number of rotatable bonds is 17. The highest BCUT2D eigenvalue weighted by Crippen LogP contribution is 2.13. The van der Waals surface area contributed by atoms with Crippen LogP contribution in [0.4, 0.5) is 0 Å². The zero-order valence-electron chi connectivity index (χ0n) is 14.6. The predicted octanol–water partition coefficient (Wildman–Crippen LogP) is 5.90. The molecule has 1 N–H and O–H groups in total. The molecule has 0 unspecified atom stereocenters. The second-order valence-corrected chi connectivity index (χ2v) is 6.43. The summed E-state index contributed by atoms with van der Waals surface area (Å²) in [4.78, 5) is 21.9. The minimum atomic E-state index is -0.807. The highest BCUT2D eigenvalue weighted by molar-refractivity contribution is 5.78. The number of carbonyl (C=O) groups is 2. The van der Waals surface area contributed by atoms with Crippen molar-refractivity contribution >= 4 is 11.8 Å². The molecule has 0 aliphatic rings. The van der Waals surface area contributed by atoms with Crippen LogP contribution >= 0.6 is 0 Å². The summed E-state index contributed by atoms with van der Waals surface area (Å²) in [7, 11) is 0. The van der Waals surface area contributed by atoms with Gasteiger partial charge in [-0.2, -0.15) is 0 Å². The fraction of sp³-hybridized carbons (Fsp3) is 0.895. The Labute approximate surface area is 136 Å². The van der Waals surface area contributed by atoms with Crippen molar-refractivity contribution in [3.8, 4) is 0 Å². The van der Waals surface area contributed by atoms with Crippen LogP contribution in [-0.2, 0) is 9.59 Å². The number of unbranched alkanes of at least 4 members (excludes halogenated alkanes) is 11. The molecule has 0 aromatic carbocycles. The van der Waals surface area contributed by atoms with E-state index in [1.165, 1.54) is 64.2 Å². The molecule has 0 aromatic heterocycles. The Bertz CT molecular complexity index is 274. The van der Waals surface area contributed by atoms with Crippen molar-refractivity contribution in [3.63, 3.8) is 0 Å². The fourth-order valence-electron chi connectivity index (χ4n) is 2.72. The first-order valence-corrected chi connectivity index (χ1v) is 9.40. The summed E-state index contributed by atoms with van der Waals surface area (Å²) in [6, 6.07) is 0. The smallest absolute Gasteiger partial charge is 0.303 e. The Balaban J connectivity index is 3.13. The molecule has 0 rings (SSSR count). The maximum absolute atomic E-state index is 11.5. The quantitative estimate of drug-likeness (QED) is 0.340. The van der Waals surface area contributed by atoms with Gasteiger partial charge in [-0.1, -0.05) is 77.6 Å². The van der Waals surface area contributed by atoms with Gasteiger partial charge in [0.2, 0.25) is 0 Å². The van der Waals surface area contributed by atoms with Gasteiger partial charge in [-0.25, -0.2) is 0 Å². The molecule has 0 aliphatic heterocycles. The lowest BCUT2D eigenvalue weighted by Gasteiger charge is -2.03. The molecular weight excluding hydrogens is 276 g/mol. The molecule has 0 amide bonds. The molecule has 0 aliphatic carbocycles. The number of hydrogen-bond acceptors (Lipinski definition) is 2. The van der Waals surface area contributed by atoms with E-state index in [2.05, 4.69) is 6.92 Å². The lowest BCUT2D eigenvalue weighted by Crippen LogP contribution is -2.00. The third-order valence-electron chi connectivity index (χ3n) is 4.16. The molecule has 0 saturated heterocycles. The normalized spacial score (nSPS) is 10.8. The van der Waals surface area contributed by atoms with Gasteiger partial charge in [0.15, 0.2) is 0 Å². The van der Waals surface area contributed by atoms with Gasteiger partial charge in [0.25, 0.3) is 0 Å². The van der Waals surface area contributed by atoms with Crippen molar-refractivity contribution in [1.29, 1.82) is 0 Å². The lowest BCUT2D eigenvalue weighted by molar-refractivity contribution is -0.137. The number of ketones is 1. The average molecular weight is 312 g/mol. The summed E-state index contributed by atoms with van der Waals surface area (Å²) < 4.78 is 0. The first-order valence-electron chi connectivity index (χ1n) is 9.40. The molecule has 0 radical (unpaired) electrons. The first kappa shape index (κ1) is 21.1. The minimum absolute atomic E-state index is 0.115. The van der Waals surface area contributed by atoms with E-state index in [0.29, 0.717) is 19.3 Å². The van der Waals surface area contributed by atoms with Crippen LogP contribution in [-0.4, -0.2) is 16.9 Å². The lowest BCUT2D eigenvalue weighted by atomic mass is 10.0. The van der Waals surface area contributed by atoms with Gasteiger partial charge in [0.1, 0.15) is 5.78 Å². The van der Waals surface area contributed by atoms with E-state index in [-0.39, 0.29) is 12.2 Å². The van der Waals surface area contributed by atoms with Crippen LogP contribution in [0.3, 0.4) is 0 Å². The van der Waals surface area contributed by atoms with Crippen LogP contribution in [0.1, 0.15) is 110 Å². The van der Waals surface area contributed by atoms with Crippen LogP contribution in [0.15, 0.2) is 0 Å².